The molecule has 0 N–H and O–H groups in total. The van der Waals surface area contributed by atoms with Crippen molar-refractivity contribution in [2.45, 2.75) is 11.0 Å². The number of morpholine rings is 1. The lowest BCUT2D eigenvalue weighted by Gasteiger charge is -2.29. The normalized spacial score (nSPS) is 19.4. The third-order valence-electron chi connectivity index (χ3n) is 3.01. The first kappa shape index (κ1) is 14.5. The van der Waals surface area contributed by atoms with Crippen LogP contribution in [0.2, 0.25) is 0 Å². The molecule has 0 radical (unpaired) electrons. The highest BCUT2D eigenvalue weighted by atomic mass is 32.2. The summed E-state index contributed by atoms with van der Waals surface area (Å²) in [5, 5.41) is 8.82. The van der Waals surface area contributed by atoms with E-state index in [0.717, 1.165) is 6.26 Å². The van der Waals surface area contributed by atoms with Gasteiger partial charge in [-0.2, -0.15) is 5.26 Å². The van der Waals surface area contributed by atoms with Gasteiger partial charge in [-0.25, -0.2) is 8.42 Å². The Balaban J connectivity index is 2.24. The first-order valence-corrected chi connectivity index (χ1v) is 7.91. The minimum Gasteiger partial charge on any atom is -0.360 e. The molecule has 1 aromatic rings. The fourth-order valence-electron chi connectivity index (χ4n) is 1.95. The fourth-order valence-corrected chi connectivity index (χ4v) is 2.62. The first-order valence-electron chi connectivity index (χ1n) is 6.02. The van der Waals surface area contributed by atoms with E-state index in [1.807, 2.05) is 6.07 Å². The minimum atomic E-state index is -3.35. The van der Waals surface area contributed by atoms with E-state index in [4.69, 9.17) is 10.00 Å². The van der Waals surface area contributed by atoms with E-state index in [9.17, 15) is 13.2 Å². The Hall–Kier alpha value is -1.91. The number of carbonyl (C=O) groups is 1. The molecule has 0 aliphatic carbocycles. The first-order chi connectivity index (χ1) is 9.41. The predicted octanol–water partition coefficient (Wildman–Crippen LogP) is 0.455. The maximum absolute atomic E-state index is 12.3. The number of hydrogen-bond acceptors (Lipinski definition) is 5. The molecule has 106 valence electrons. The molecule has 1 heterocycles. The number of nitriles is 1. The van der Waals surface area contributed by atoms with Crippen molar-refractivity contribution in [3.8, 4) is 6.07 Å². The van der Waals surface area contributed by atoms with Gasteiger partial charge in [0.25, 0.3) is 5.91 Å². The van der Waals surface area contributed by atoms with Crippen molar-refractivity contribution in [3.05, 3.63) is 29.8 Å². The number of rotatable bonds is 2. The van der Waals surface area contributed by atoms with E-state index in [1.54, 1.807) is 6.07 Å². The maximum atomic E-state index is 12.3. The van der Waals surface area contributed by atoms with E-state index in [0.29, 0.717) is 18.7 Å². The van der Waals surface area contributed by atoms with Gasteiger partial charge in [-0.3, -0.25) is 4.79 Å². The summed E-state index contributed by atoms with van der Waals surface area (Å²) in [5.74, 6) is -0.293. The number of carbonyl (C=O) groups excluding carboxylic acids is 1. The van der Waals surface area contributed by atoms with Crippen LogP contribution in [-0.4, -0.2) is 51.3 Å². The Morgan fingerprint density at radius 3 is 2.90 bits per heavy atom. The zero-order chi connectivity index (χ0) is 14.8. The Kier molecular flexibility index (Phi) is 4.06. The number of hydrogen-bond donors (Lipinski definition) is 0. The van der Waals surface area contributed by atoms with Gasteiger partial charge in [0.15, 0.2) is 15.9 Å². The largest absolute Gasteiger partial charge is 0.360 e. The molecular weight excluding hydrogens is 280 g/mol. The average molecular weight is 294 g/mol. The second-order valence-corrected chi connectivity index (χ2v) is 6.56. The van der Waals surface area contributed by atoms with Crippen molar-refractivity contribution in [3.63, 3.8) is 0 Å². The van der Waals surface area contributed by atoms with Crippen molar-refractivity contribution in [1.29, 1.82) is 5.26 Å². The minimum absolute atomic E-state index is 0.105. The highest BCUT2D eigenvalue weighted by Crippen LogP contribution is 2.15. The van der Waals surface area contributed by atoms with Crippen molar-refractivity contribution in [2.75, 3.05) is 26.0 Å². The van der Waals surface area contributed by atoms with Gasteiger partial charge < -0.3 is 9.64 Å². The van der Waals surface area contributed by atoms with Gasteiger partial charge >= 0.3 is 0 Å². The van der Waals surface area contributed by atoms with Gasteiger partial charge in [0.2, 0.25) is 0 Å². The molecule has 1 aliphatic heterocycles. The monoisotopic (exact) mass is 294 g/mol. The summed E-state index contributed by atoms with van der Waals surface area (Å²) in [6, 6.07) is 7.86. The van der Waals surface area contributed by atoms with Crippen LogP contribution in [0.3, 0.4) is 0 Å². The number of amides is 1. The molecule has 1 aromatic carbocycles. The molecule has 0 bridgehead atoms. The van der Waals surface area contributed by atoms with Crippen LogP contribution in [0.25, 0.3) is 0 Å². The molecule has 1 unspecified atom stereocenters. The van der Waals surface area contributed by atoms with Crippen LogP contribution in [0.5, 0.6) is 0 Å². The van der Waals surface area contributed by atoms with Crippen LogP contribution in [0.15, 0.2) is 29.2 Å². The summed E-state index contributed by atoms with van der Waals surface area (Å²) in [6.07, 6.45) is 0.461. The van der Waals surface area contributed by atoms with Crippen molar-refractivity contribution in [1.82, 2.24) is 4.90 Å². The van der Waals surface area contributed by atoms with E-state index in [1.165, 1.54) is 23.1 Å². The van der Waals surface area contributed by atoms with Crippen molar-refractivity contribution >= 4 is 15.7 Å². The van der Waals surface area contributed by atoms with E-state index in [-0.39, 0.29) is 17.3 Å². The second kappa shape index (κ2) is 5.61. The highest BCUT2D eigenvalue weighted by molar-refractivity contribution is 7.90. The van der Waals surface area contributed by atoms with Crippen LogP contribution < -0.4 is 0 Å². The quantitative estimate of drug-likeness (QED) is 0.790. The number of benzene rings is 1. The second-order valence-electron chi connectivity index (χ2n) is 4.54. The Labute approximate surface area is 117 Å². The van der Waals surface area contributed by atoms with Gasteiger partial charge in [-0.1, -0.05) is 6.07 Å². The van der Waals surface area contributed by atoms with E-state index < -0.39 is 15.9 Å². The maximum Gasteiger partial charge on any atom is 0.254 e. The van der Waals surface area contributed by atoms with Crippen LogP contribution in [0, 0.1) is 11.3 Å². The van der Waals surface area contributed by atoms with Gasteiger partial charge in [0.1, 0.15) is 0 Å². The molecule has 0 aromatic heterocycles. The van der Waals surface area contributed by atoms with Gasteiger partial charge in [-0.15, -0.1) is 0 Å². The summed E-state index contributed by atoms with van der Waals surface area (Å²) < 4.78 is 28.2. The molecule has 0 spiro atoms. The molecule has 1 fully saturated rings. The Morgan fingerprint density at radius 1 is 1.50 bits per heavy atom. The summed E-state index contributed by atoms with van der Waals surface area (Å²) in [4.78, 5) is 13.9. The zero-order valence-corrected chi connectivity index (χ0v) is 11.8. The lowest BCUT2D eigenvalue weighted by Crippen LogP contribution is -2.45. The standard InChI is InChI=1S/C13H14N2O4S/c1-20(17,18)12-4-2-3-10(7-12)13(16)15-5-6-19-11(8-14)9-15/h2-4,7,11H,5-6,9H2,1H3. The molecule has 1 aliphatic rings. The van der Waals surface area contributed by atoms with Gasteiger partial charge in [-0.05, 0) is 18.2 Å². The van der Waals surface area contributed by atoms with Crippen LogP contribution >= 0.6 is 0 Å². The predicted molar refractivity (Wildman–Crippen MR) is 70.8 cm³/mol. The third kappa shape index (κ3) is 3.15. The molecule has 20 heavy (non-hydrogen) atoms. The summed E-state index contributed by atoms with van der Waals surface area (Å²) in [6.45, 7) is 0.883. The molecule has 7 heteroatoms. The molecule has 1 saturated heterocycles. The van der Waals surface area contributed by atoms with Crippen LogP contribution in [0.4, 0.5) is 0 Å². The Bertz CT molecular complexity index is 663. The molecule has 1 amide bonds. The number of nitrogens with zero attached hydrogens (tertiary/aromatic N) is 2. The van der Waals surface area contributed by atoms with Crippen molar-refractivity contribution in [2.24, 2.45) is 0 Å². The topological polar surface area (TPSA) is 87.5 Å². The van der Waals surface area contributed by atoms with Gasteiger partial charge in [0, 0.05) is 18.4 Å². The van der Waals surface area contributed by atoms with Gasteiger partial charge in [0.05, 0.1) is 24.1 Å². The Morgan fingerprint density at radius 2 is 2.25 bits per heavy atom. The van der Waals surface area contributed by atoms with Crippen LogP contribution in [-0.2, 0) is 14.6 Å². The lowest BCUT2D eigenvalue weighted by molar-refractivity contribution is 0.00345. The van der Waals surface area contributed by atoms with Crippen LogP contribution in [0.1, 0.15) is 10.4 Å². The molecular formula is C13H14N2O4S. The summed E-state index contributed by atoms with van der Waals surface area (Å²) in [5.41, 5.74) is 0.298. The molecule has 0 saturated carbocycles. The highest BCUT2D eigenvalue weighted by Gasteiger charge is 2.25. The molecule has 2 rings (SSSR count). The molecule has 1 atom stereocenters. The number of sulfone groups is 1. The van der Waals surface area contributed by atoms with E-state index in [2.05, 4.69) is 0 Å². The number of ether oxygens (including phenoxy) is 1. The van der Waals surface area contributed by atoms with E-state index >= 15 is 0 Å². The smallest absolute Gasteiger partial charge is 0.254 e. The SMILES string of the molecule is CS(=O)(=O)c1cccc(C(=O)N2CCOC(C#N)C2)c1. The third-order valence-corrected chi connectivity index (χ3v) is 4.12. The van der Waals surface area contributed by atoms with Crippen molar-refractivity contribution < 1.29 is 17.9 Å². The molecule has 6 nitrogen and oxygen atoms in total. The summed E-state index contributed by atoms with van der Waals surface area (Å²) >= 11 is 0. The zero-order valence-electron chi connectivity index (χ0n) is 10.9. The fraction of sp³-hybridized carbons (Fsp3) is 0.385. The lowest BCUT2D eigenvalue weighted by atomic mass is 10.2. The average Bonchev–Trinajstić information content (AvgIpc) is 2.46. The summed E-state index contributed by atoms with van der Waals surface area (Å²) in [7, 11) is -3.35.